The van der Waals surface area contributed by atoms with Crippen molar-refractivity contribution in [1.82, 2.24) is 14.4 Å². The van der Waals surface area contributed by atoms with E-state index in [9.17, 15) is 0 Å². The minimum absolute atomic E-state index is 1.01. The Morgan fingerprint density at radius 3 is 2.25 bits per heavy atom. The molecule has 0 spiro atoms. The molecule has 0 saturated carbocycles. The summed E-state index contributed by atoms with van der Waals surface area (Å²) in [5, 5.41) is 6.16. The van der Waals surface area contributed by atoms with Crippen LogP contribution in [0.4, 0.5) is 0 Å². The highest BCUT2D eigenvalue weighted by Crippen LogP contribution is 2.37. The van der Waals surface area contributed by atoms with Crippen molar-refractivity contribution in [3.63, 3.8) is 0 Å². The van der Waals surface area contributed by atoms with Crippen molar-refractivity contribution in [3.05, 3.63) is 84.9 Å². The summed E-state index contributed by atoms with van der Waals surface area (Å²) in [5.41, 5.74) is 6.69. The number of pyridine rings is 1. The number of aromatic nitrogens is 3. The maximum absolute atomic E-state index is 5.00. The standard InChI is InChI=1S/C25H15N3/c1-2-9-19-15(7-1)18-14-13-17-16-8-3-4-10-20(16)26-23(17)24(18)28-22-12-6-5-11-21(22)27-25(19)28/h1-14,26H. The Balaban J connectivity index is 1.91. The zero-order valence-electron chi connectivity index (χ0n) is 15.0. The van der Waals surface area contributed by atoms with Crippen LogP contribution in [0, 0.1) is 0 Å². The first kappa shape index (κ1) is 14.2. The maximum atomic E-state index is 5.00. The number of para-hydroxylation sites is 3. The molecule has 0 unspecified atom stereocenters. The van der Waals surface area contributed by atoms with Crippen molar-refractivity contribution in [2.24, 2.45) is 0 Å². The van der Waals surface area contributed by atoms with E-state index < -0.39 is 0 Å². The molecule has 3 heteroatoms. The van der Waals surface area contributed by atoms with Crippen LogP contribution in [0.3, 0.4) is 0 Å². The van der Waals surface area contributed by atoms with Gasteiger partial charge in [-0.2, -0.15) is 0 Å². The summed E-state index contributed by atoms with van der Waals surface area (Å²) in [5.74, 6) is 0. The highest BCUT2D eigenvalue weighted by Gasteiger charge is 2.17. The van der Waals surface area contributed by atoms with Gasteiger partial charge in [0.05, 0.1) is 22.1 Å². The van der Waals surface area contributed by atoms with Crippen LogP contribution in [-0.2, 0) is 0 Å². The predicted molar refractivity (Wildman–Crippen MR) is 117 cm³/mol. The van der Waals surface area contributed by atoms with Crippen LogP contribution >= 0.6 is 0 Å². The number of fused-ring (bicyclic) bond motifs is 12. The molecule has 0 aliphatic heterocycles. The van der Waals surface area contributed by atoms with Crippen molar-refractivity contribution in [1.29, 1.82) is 0 Å². The molecule has 0 atom stereocenters. The van der Waals surface area contributed by atoms with Crippen molar-refractivity contribution in [2.75, 3.05) is 0 Å². The Kier molecular flexibility index (Phi) is 2.49. The highest BCUT2D eigenvalue weighted by molar-refractivity contribution is 6.23. The quantitative estimate of drug-likeness (QED) is 0.312. The van der Waals surface area contributed by atoms with Crippen LogP contribution < -0.4 is 0 Å². The van der Waals surface area contributed by atoms with E-state index in [2.05, 4.69) is 94.3 Å². The van der Waals surface area contributed by atoms with Gasteiger partial charge in [0.25, 0.3) is 0 Å². The van der Waals surface area contributed by atoms with Crippen molar-refractivity contribution in [2.45, 2.75) is 0 Å². The number of nitrogens with zero attached hydrogens (tertiary/aromatic N) is 2. The fourth-order valence-electron chi connectivity index (χ4n) is 4.70. The molecule has 0 fully saturated rings. The summed E-state index contributed by atoms with van der Waals surface area (Å²) >= 11 is 0. The molecule has 0 aliphatic carbocycles. The van der Waals surface area contributed by atoms with Gasteiger partial charge < -0.3 is 4.98 Å². The third-order valence-electron chi connectivity index (χ3n) is 5.90. The Labute approximate surface area is 159 Å². The third-order valence-corrected chi connectivity index (χ3v) is 5.90. The third kappa shape index (κ3) is 1.62. The molecule has 3 aromatic heterocycles. The first-order chi connectivity index (χ1) is 13.9. The zero-order valence-corrected chi connectivity index (χ0v) is 15.0. The van der Waals surface area contributed by atoms with Gasteiger partial charge in [0.1, 0.15) is 5.65 Å². The van der Waals surface area contributed by atoms with E-state index in [1.54, 1.807) is 0 Å². The first-order valence-corrected chi connectivity index (χ1v) is 9.51. The number of H-pyrrole nitrogens is 1. The summed E-state index contributed by atoms with van der Waals surface area (Å²) in [6.07, 6.45) is 0. The van der Waals surface area contributed by atoms with Crippen LogP contribution in [0.1, 0.15) is 0 Å². The van der Waals surface area contributed by atoms with Crippen LogP contribution in [0.2, 0.25) is 0 Å². The first-order valence-electron chi connectivity index (χ1n) is 9.51. The van der Waals surface area contributed by atoms with Gasteiger partial charge in [-0.25, -0.2) is 4.98 Å². The molecule has 1 N–H and O–H groups in total. The fourth-order valence-corrected chi connectivity index (χ4v) is 4.70. The Bertz CT molecular complexity index is 1720. The predicted octanol–water partition coefficient (Wildman–Crippen LogP) is 6.43. The second-order valence-corrected chi connectivity index (χ2v) is 7.36. The number of benzene rings is 4. The molecule has 3 nitrogen and oxygen atoms in total. The molecule has 0 radical (unpaired) electrons. The molecule has 7 rings (SSSR count). The minimum atomic E-state index is 1.01. The molecule has 0 amide bonds. The average molecular weight is 357 g/mol. The van der Waals surface area contributed by atoms with E-state index in [0.717, 1.165) is 27.7 Å². The lowest BCUT2D eigenvalue weighted by molar-refractivity contribution is 1.32. The highest BCUT2D eigenvalue weighted by atomic mass is 15.0. The molecule has 3 heterocycles. The molecular weight excluding hydrogens is 342 g/mol. The topological polar surface area (TPSA) is 33.1 Å². The van der Waals surface area contributed by atoms with Crippen molar-refractivity contribution in [3.8, 4) is 0 Å². The van der Waals surface area contributed by atoms with E-state index in [1.807, 2.05) is 0 Å². The Morgan fingerprint density at radius 1 is 0.607 bits per heavy atom. The van der Waals surface area contributed by atoms with Gasteiger partial charge in [-0.1, -0.05) is 66.7 Å². The normalized spacial score (nSPS) is 12.3. The van der Waals surface area contributed by atoms with E-state index in [-0.39, 0.29) is 0 Å². The summed E-state index contributed by atoms with van der Waals surface area (Å²) in [6.45, 7) is 0. The lowest BCUT2D eigenvalue weighted by Gasteiger charge is -2.10. The number of hydrogen-bond acceptors (Lipinski definition) is 1. The van der Waals surface area contributed by atoms with Gasteiger partial charge in [0, 0.05) is 27.1 Å². The second-order valence-electron chi connectivity index (χ2n) is 7.36. The molecule has 0 bridgehead atoms. The van der Waals surface area contributed by atoms with E-state index in [1.165, 1.54) is 32.4 Å². The lowest BCUT2D eigenvalue weighted by atomic mass is 10.0. The molecule has 0 saturated heterocycles. The van der Waals surface area contributed by atoms with Gasteiger partial charge in [-0.3, -0.25) is 4.40 Å². The summed E-state index contributed by atoms with van der Waals surface area (Å²) in [7, 11) is 0. The SMILES string of the molecule is c1ccc2c(c1)nc1c3ccccc3c3ccc4c5ccccc5[nH]c4c3n21. The second kappa shape index (κ2) is 4.90. The number of nitrogens with one attached hydrogen (secondary N) is 1. The number of aromatic amines is 1. The zero-order chi connectivity index (χ0) is 18.2. The summed E-state index contributed by atoms with van der Waals surface area (Å²) in [4.78, 5) is 8.69. The lowest BCUT2D eigenvalue weighted by Crippen LogP contribution is -1.92. The van der Waals surface area contributed by atoms with E-state index in [4.69, 9.17) is 4.98 Å². The van der Waals surface area contributed by atoms with Gasteiger partial charge in [0.15, 0.2) is 0 Å². The molecule has 0 aliphatic rings. The molecular formula is C25H15N3. The maximum Gasteiger partial charge on any atom is 0.146 e. The summed E-state index contributed by atoms with van der Waals surface area (Å²) < 4.78 is 2.32. The Hall–Kier alpha value is -3.85. The minimum Gasteiger partial charge on any atom is -0.353 e. The van der Waals surface area contributed by atoms with Crippen LogP contribution in [0.15, 0.2) is 84.9 Å². The molecule has 130 valence electrons. The Morgan fingerprint density at radius 2 is 1.32 bits per heavy atom. The van der Waals surface area contributed by atoms with Crippen LogP contribution in [-0.4, -0.2) is 14.4 Å². The number of hydrogen-bond donors (Lipinski definition) is 1. The largest absolute Gasteiger partial charge is 0.353 e. The molecule has 28 heavy (non-hydrogen) atoms. The van der Waals surface area contributed by atoms with Crippen LogP contribution in [0.5, 0.6) is 0 Å². The summed E-state index contributed by atoms with van der Waals surface area (Å²) in [6, 6.07) is 30.0. The van der Waals surface area contributed by atoms with Gasteiger partial charge in [-0.05, 0) is 23.6 Å². The smallest absolute Gasteiger partial charge is 0.146 e. The molecule has 7 aromatic rings. The monoisotopic (exact) mass is 357 g/mol. The van der Waals surface area contributed by atoms with Gasteiger partial charge >= 0.3 is 0 Å². The number of imidazole rings is 1. The van der Waals surface area contributed by atoms with E-state index >= 15 is 0 Å². The fraction of sp³-hybridized carbons (Fsp3) is 0. The van der Waals surface area contributed by atoms with Gasteiger partial charge in [-0.15, -0.1) is 0 Å². The number of rotatable bonds is 0. The van der Waals surface area contributed by atoms with Crippen LogP contribution in [0.25, 0.3) is 60.2 Å². The van der Waals surface area contributed by atoms with Crippen molar-refractivity contribution >= 4 is 60.2 Å². The molecule has 4 aromatic carbocycles. The van der Waals surface area contributed by atoms with Gasteiger partial charge in [0.2, 0.25) is 0 Å². The average Bonchev–Trinajstić information content (AvgIpc) is 3.32. The van der Waals surface area contributed by atoms with E-state index in [0.29, 0.717) is 0 Å². The van der Waals surface area contributed by atoms with Crippen molar-refractivity contribution < 1.29 is 0 Å².